The summed E-state index contributed by atoms with van der Waals surface area (Å²) in [5.74, 6) is 1.15. The SMILES string of the molecule is CCc1nc(C2CCCC(C)N2)[nH]c1CC. The van der Waals surface area contributed by atoms with Crippen LogP contribution in [0.1, 0.15) is 63.3 Å². The van der Waals surface area contributed by atoms with E-state index in [1.165, 1.54) is 30.7 Å². The normalized spacial score (nSPS) is 25.9. The van der Waals surface area contributed by atoms with E-state index in [2.05, 4.69) is 31.1 Å². The van der Waals surface area contributed by atoms with Gasteiger partial charge in [-0.05, 0) is 39.0 Å². The first-order chi connectivity index (χ1) is 7.74. The second-order valence-electron chi connectivity index (χ2n) is 4.81. The molecule has 1 aromatic rings. The number of aromatic amines is 1. The van der Waals surface area contributed by atoms with Crippen molar-refractivity contribution in [2.45, 2.75) is 65.0 Å². The molecule has 0 spiro atoms. The van der Waals surface area contributed by atoms with Crippen LogP contribution in [-0.2, 0) is 12.8 Å². The van der Waals surface area contributed by atoms with Gasteiger partial charge in [0.2, 0.25) is 0 Å². The number of aryl methyl sites for hydroxylation is 2. The molecule has 1 aromatic heterocycles. The monoisotopic (exact) mass is 221 g/mol. The summed E-state index contributed by atoms with van der Waals surface area (Å²) in [5.41, 5.74) is 2.56. The highest BCUT2D eigenvalue weighted by molar-refractivity contribution is 5.17. The van der Waals surface area contributed by atoms with Crippen molar-refractivity contribution >= 4 is 0 Å². The van der Waals surface area contributed by atoms with Gasteiger partial charge in [0.1, 0.15) is 5.82 Å². The highest BCUT2D eigenvalue weighted by Gasteiger charge is 2.22. The minimum Gasteiger partial charge on any atom is -0.344 e. The summed E-state index contributed by atoms with van der Waals surface area (Å²) in [7, 11) is 0. The molecule has 1 aliphatic heterocycles. The molecule has 0 amide bonds. The molecule has 0 aliphatic carbocycles. The van der Waals surface area contributed by atoms with Crippen LogP contribution in [0.25, 0.3) is 0 Å². The molecule has 0 radical (unpaired) electrons. The Bertz CT molecular complexity index is 321. The largest absolute Gasteiger partial charge is 0.344 e. The van der Waals surface area contributed by atoms with E-state index in [-0.39, 0.29) is 0 Å². The lowest BCUT2D eigenvalue weighted by Gasteiger charge is -2.27. The van der Waals surface area contributed by atoms with Crippen molar-refractivity contribution in [3.63, 3.8) is 0 Å². The number of H-pyrrole nitrogens is 1. The Morgan fingerprint density at radius 2 is 2.06 bits per heavy atom. The van der Waals surface area contributed by atoms with Crippen molar-refractivity contribution < 1.29 is 0 Å². The summed E-state index contributed by atoms with van der Waals surface area (Å²) in [6, 6.07) is 1.06. The lowest BCUT2D eigenvalue weighted by atomic mass is 9.99. The predicted octanol–water partition coefficient (Wildman–Crippen LogP) is 2.74. The minimum absolute atomic E-state index is 0.439. The van der Waals surface area contributed by atoms with E-state index in [9.17, 15) is 0 Å². The van der Waals surface area contributed by atoms with Crippen molar-refractivity contribution in [2.24, 2.45) is 0 Å². The summed E-state index contributed by atoms with van der Waals surface area (Å²) >= 11 is 0. The van der Waals surface area contributed by atoms with Gasteiger partial charge >= 0.3 is 0 Å². The third-order valence-electron chi connectivity index (χ3n) is 3.52. The lowest BCUT2D eigenvalue weighted by Crippen LogP contribution is -2.35. The Morgan fingerprint density at radius 3 is 2.62 bits per heavy atom. The molecule has 1 saturated heterocycles. The van der Waals surface area contributed by atoms with Gasteiger partial charge in [-0.1, -0.05) is 13.8 Å². The molecule has 2 atom stereocenters. The number of nitrogens with one attached hydrogen (secondary N) is 2. The van der Waals surface area contributed by atoms with Gasteiger partial charge in [0.25, 0.3) is 0 Å². The number of hydrogen-bond acceptors (Lipinski definition) is 2. The van der Waals surface area contributed by atoms with E-state index in [0.29, 0.717) is 12.1 Å². The Kier molecular flexibility index (Phi) is 3.64. The molecule has 1 fully saturated rings. The third kappa shape index (κ3) is 2.29. The first-order valence-electron chi connectivity index (χ1n) is 6.58. The van der Waals surface area contributed by atoms with Crippen LogP contribution in [0.3, 0.4) is 0 Å². The molecule has 0 aromatic carbocycles. The molecule has 90 valence electrons. The quantitative estimate of drug-likeness (QED) is 0.824. The maximum atomic E-state index is 4.74. The van der Waals surface area contributed by atoms with Crippen molar-refractivity contribution in [3.05, 3.63) is 17.2 Å². The molecule has 2 N–H and O–H groups in total. The molecule has 0 bridgehead atoms. The fraction of sp³-hybridized carbons (Fsp3) is 0.769. The third-order valence-corrected chi connectivity index (χ3v) is 3.52. The van der Waals surface area contributed by atoms with Gasteiger partial charge in [0.15, 0.2) is 0 Å². The van der Waals surface area contributed by atoms with Gasteiger partial charge in [-0.25, -0.2) is 4.98 Å². The second kappa shape index (κ2) is 5.00. The summed E-state index contributed by atoms with van der Waals surface area (Å²) < 4.78 is 0. The Balaban J connectivity index is 2.16. The van der Waals surface area contributed by atoms with E-state index in [1.54, 1.807) is 0 Å². The van der Waals surface area contributed by atoms with E-state index >= 15 is 0 Å². The molecule has 0 saturated carbocycles. The van der Waals surface area contributed by atoms with Crippen molar-refractivity contribution in [2.75, 3.05) is 0 Å². The minimum atomic E-state index is 0.439. The molecule has 2 rings (SSSR count). The van der Waals surface area contributed by atoms with Gasteiger partial charge in [-0.2, -0.15) is 0 Å². The summed E-state index contributed by atoms with van der Waals surface area (Å²) in [5, 5.41) is 3.63. The summed E-state index contributed by atoms with van der Waals surface area (Å²) in [6.45, 7) is 6.62. The van der Waals surface area contributed by atoms with Gasteiger partial charge in [0, 0.05) is 11.7 Å². The highest BCUT2D eigenvalue weighted by Crippen LogP contribution is 2.24. The smallest absolute Gasteiger partial charge is 0.123 e. The fourth-order valence-corrected chi connectivity index (χ4v) is 2.57. The van der Waals surface area contributed by atoms with Crippen molar-refractivity contribution in [1.82, 2.24) is 15.3 Å². The van der Waals surface area contributed by atoms with Crippen LogP contribution in [0.5, 0.6) is 0 Å². The summed E-state index contributed by atoms with van der Waals surface area (Å²) in [4.78, 5) is 8.24. The molecule has 2 heterocycles. The Hall–Kier alpha value is -0.830. The first-order valence-corrected chi connectivity index (χ1v) is 6.58. The Labute approximate surface area is 98.1 Å². The maximum Gasteiger partial charge on any atom is 0.123 e. The van der Waals surface area contributed by atoms with Gasteiger partial charge in [0.05, 0.1) is 11.7 Å². The maximum absolute atomic E-state index is 4.74. The molecular formula is C13H23N3. The molecule has 2 unspecified atom stereocenters. The van der Waals surface area contributed by atoms with Crippen LogP contribution in [0.2, 0.25) is 0 Å². The van der Waals surface area contributed by atoms with Crippen molar-refractivity contribution in [3.8, 4) is 0 Å². The van der Waals surface area contributed by atoms with E-state index in [1.807, 2.05) is 0 Å². The average Bonchev–Trinajstić information content (AvgIpc) is 2.72. The average molecular weight is 221 g/mol. The second-order valence-corrected chi connectivity index (χ2v) is 4.81. The number of aromatic nitrogens is 2. The zero-order valence-electron chi connectivity index (χ0n) is 10.6. The molecule has 1 aliphatic rings. The van der Waals surface area contributed by atoms with E-state index < -0.39 is 0 Å². The number of rotatable bonds is 3. The zero-order chi connectivity index (χ0) is 11.5. The highest BCUT2D eigenvalue weighted by atomic mass is 15.1. The first kappa shape index (κ1) is 11.6. The molecule has 3 heteroatoms. The number of nitrogens with zero attached hydrogens (tertiary/aromatic N) is 1. The molecule has 16 heavy (non-hydrogen) atoms. The van der Waals surface area contributed by atoms with Crippen LogP contribution in [0, 0.1) is 0 Å². The van der Waals surface area contributed by atoms with Crippen LogP contribution in [0.4, 0.5) is 0 Å². The van der Waals surface area contributed by atoms with Gasteiger partial charge < -0.3 is 10.3 Å². The fourth-order valence-electron chi connectivity index (χ4n) is 2.57. The number of imidazole rings is 1. The zero-order valence-corrected chi connectivity index (χ0v) is 10.6. The lowest BCUT2D eigenvalue weighted by molar-refractivity contribution is 0.332. The predicted molar refractivity (Wildman–Crippen MR) is 66.5 cm³/mol. The van der Waals surface area contributed by atoms with Crippen LogP contribution < -0.4 is 5.32 Å². The molecular weight excluding hydrogens is 198 g/mol. The summed E-state index contributed by atoms with van der Waals surface area (Å²) in [6.07, 6.45) is 5.89. The number of piperidine rings is 1. The van der Waals surface area contributed by atoms with Gasteiger partial charge in [-0.15, -0.1) is 0 Å². The Morgan fingerprint density at radius 1 is 1.25 bits per heavy atom. The number of hydrogen-bond donors (Lipinski definition) is 2. The molecule has 3 nitrogen and oxygen atoms in total. The van der Waals surface area contributed by atoms with Crippen molar-refractivity contribution in [1.29, 1.82) is 0 Å². The van der Waals surface area contributed by atoms with Crippen LogP contribution in [0.15, 0.2) is 0 Å². The van der Waals surface area contributed by atoms with Crippen LogP contribution >= 0.6 is 0 Å². The van der Waals surface area contributed by atoms with Gasteiger partial charge in [-0.3, -0.25) is 0 Å². The standard InChI is InChI=1S/C13H23N3/c1-4-10-11(5-2)16-13(15-10)12-8-6-7-9(3)14-12/h9,12,14H,4-8H2,1-3H3,(H,15,16). The van der Waals surface area contributed by atoms with E-state index in [4.69, 9.17) is 4.98 Å². The van der Waals surface area contributed by atoms with E-state index in [0.717, 1.165) is 18.7 Å². The van der Waals surface area contributed by atoms with Crippen LogP contribution in [-0.4, -0.2) is 16.0 Å². The topological polar surface area (TPSA) is 40.7 Å².